The average Bonchev–Trinajstić information content (AvgIpc) is 3.28. The van der Waals surface area contributed by atoms with Crippen LogP contribution >= 0.6 is 11.3 Å². The summed E-state index contributed by atoms with van der Waals surface area (Å²) in [6.07, 6.45) is 14.4. The monoisotopic (exact) mass is 590 g/mol. The summed E-state index contributed by atoms with van der Waals surface area (Å²) in [4.78, 5) is 14.2. The number of benzene rings is 2. The molecule has 1 aromatic heterocycles. The maximum absolute atomic E-state index is 14.5. The van der Waals surface area contributed by atoms with Crippen molar-refractivity contribution in [2.75, 3.05) is 11.9 Å². The van der Waals surface area contributed by atoms with Gasteiger partial charge in [0.15, 0.2) is 24.3 Å². The third kappa shape index (κ3) is 10.9. The summed E-state index contributed by atoms with van der Waals surface area (Å²) in [7, 11) is 0. The molecule has 0 saturated carbocycles. The molecule has 7 heteroatoms. The van der Waals surface area contributed by atoms with E-state index in [1.807, 2.05) is 18.2 Å². The molecule has 4 nitrogen and oxygen atoms in total. The second-order valence-electron chi connectivity index (χ2n) is 9.44. The molecule has 0 aliphatic rings. The normalized spacial score (nSPS) is 10.7. The Morgan fingerprint density at radius 2 is 1.65 bits per heavy atom. The molecule has 0 radical (unpaired) electrons. The molecule has 37 heavy (non-hydrogen) atoms. The quantitative estimate of drug-likeness (QED) is 0.186. The van der Waals surface area contributed by atoms with Gasteiger partial charge in [0.25, 0.3) is 5.91 Å². The van der Waals surface area contributed by atoms with Crippen LogP contribution in [0.25, 0.3) is 0 Å². The lowest BCUT2D eigenvalue weighted by Crippen LogP contribution is -3.00. The summed E-state index contributed by atoms with van der Waals surface area (Å²) in [6, 6.07) is 12.2. The number of hydrogen-bond donors (Lipinski definition) is 1. The van der Waals surface area contributed by atoms with Crippen LogP contribution in [0.15, 0.2) is 54.2 Å². The summed E-state index contributed by atoms with van der Waals surface area (Å²) in [5.41, 5.74) is 3.99. The molecule has 0 atom stereocenters. The highest BCUT2D eigenvalue weighted by atomic mass is 79.9. The van der Waals surface area contributed by atoms with E-state index in [0.29, 0.717) is 24.4 Å². The number of carbonyl (C=O) groups is 1. The van der Waals surface area contributed by atoms with Gasteiger partial charge in [0.2, 0.25) is 5.51 Å². The zero-order chi connectivity index (χ0) is 25.6. The Hall–Kier alpha value is -2.25. The zero-order valence-electron chi connectivity index (χ0n) is 22.1. The second kappa shape index (κ2) is 17.3. The van der Waals surface area contributed by atoms with Gasteiger partial charge in [-0.1, -0.05) is 94.2 Å². The number of unbranched alkanes of at least 4 members (excludes halogenated alkanes) is 9. The van der Waals surface area contributed by atoms with Crippen molar-refractivity contribution < 1.29 is 35.5 Å². The molecule has 0 saturated heterocycles. The maximum atomic E-state index is 14.5. The molecule has 0 unspecified atom stereocenters. The van der Waals surface area contributed by atoms with Crippen molar-refractivity contribution in [1.82, 2.24) is 0 Å². The predicted octanol–water partition coefficient (Wildman–Crippen LogP) is 5.09. The molecule has 202 valence electrons. The number of hydrogen-bond acceptors (Lipinski definition) is 3. The van der Waals surface area contributed by atoms with Crippen LogP contribution < -0.4 is 31.6 Å². The van der Waals surface area contributed by atoms with Gasteiger partial charge in [-0.15, -0.1) is 0 Å². The van der Waals surface area contributed by atoms with E-state index < -0.39 is 5.82 Å². The number of aromatic nitrogens is 1. The number of nitrogens with zero attached hydrogens (tertiary/aromatic N) is 1. The van der Waals surface area contributed by atoms with Gasteiger partial charge in [-0.25, -0.2) is 4.39 Å². The van der Waals surface area contributed by atoms with Crippen molar-refractivity contribution in [3.63, 3.8) is 0 Å². The Balaban J connectivity index is 0.00000481. The van der Waals surface area contributed by atoms with E-state index in [1.165, 1.54) is 62.3 Å². The third-order valence-electron chi connectivity index (χ3n) is 6.24. The van der Waals surface area contributed by atoms with E-state index >= 15 is 0 Å². The zero-order valence-corrected chi connectivity index (χ0v) is 24.5. The van der Waals surface area contributed by atoms with E-state index in [1.54, 1.807) is 29.5 Å². The number of rotatable bonds is 16. The number of carbonyl (C=O) groups excluding carboxylic acids is 1. The minimum absolute atomic E-state index is 0. The lowest BCUT2D eigenvalue weighted by atomic mass is 10.1. The molecular weight excluding hydrogens is 551 g/mol. The highest BCUT2D eigenvalue weighted by Crippen LogP contribution is 2.28. The molecule has 1 heterocycles. The molecule has 1 N–H and O–H groups in total. The highest BCUT2D eigenvalue weighted by molar-refractivity contribution is 7.09. The smallest absolute Gasteiger partial charge is 0.255 e. The first kappa shape index (κ1) is 31.0. The molecule has 1 amide bonds. The lowest BCUT2D eigenvalue weighted by molar-refractivity contribution is -0.683. The third-order valence-corrected chi connectivity index (χ3v) is 7.09. The van der Waals surface area contributed by atoms with Gasteiger partial charge >= 0.3 is 0 Å². The van der Waals surface area contributed by atoms with Crippen LogP contribution in [0.4, 0.5) is 10.1 Å². The van der Waals surface area contributed by atoms with Crippen LogP contribution in [0, 0.1) is 12.7 Å². The van der Waals surface area contributed by atoms with Crippen LogP contribution in [0.5, 0.6) is 5.75 Å². The summed E-state index contributed by atoms with van der Waals surface area (Å²) in [5.74, 6) is -0.627. The minimum Gasteiger partial charge on any atom is -1.00 e. The summed E-state index contributed by atoms with van der Waals surface area (Å²) in [5, 5.41) is 2.84. The topological polar surface area (TPSA) is 42.2 Å². The molecule has 0 spiro atoms. The first-order chi connectivity index (χ1) is 17.6. The van der Waals surface area contributed by atoms with Crippen LogP contribution in [0.2, 0.25) is 0 Å². The molecule has 3 rings (SSSR count). The molecule has 0 fully saturated rings. The summed E-state index contributed by atoms with van der Waals surface area (Å²) in [6.45, 7) is 5.44. The maximum Gasteiger partial charge on any atom is 0.255 e. The number of nitrogens with one attached hydrogen (secondary N) is 1. The molecule has 0 aliphatic carbocycles. The van der Waals surface area contributed by atoms with Crippen LogP contribution in [0.1, 0.15) is 91.9 Å². The van der Waals surface area contributed by atoms with Gasteiger partial charge in [-0.2, -0.15) is 4.57 Å². The van der Waals surface area contributed by atoms with Crippen molar-refractivity contribution in [1.29, 1.82) is 0 Å². The van der Waals surface area contributed by atoms with Crippen molar-refractivity contribution in [2.45, 2.75) is 84.6 Å². The highest BCUT2D eigenvalue weighted by Gasteiger charge is 2.15. The number of anilines is 1. The Labute approximate surface area is 236 Å². The van der Waals surface area contributed by atoms with Crippen molar-refractivity contribution in [3.05, 3.63) is 76.0 Å². The molecule has 3 aromatic rings. The van der Waals surface area contributed by atoms with E-state index in [-0.39, 0.29) is 28.6 Å². The van der Waals surface area contributed by atoms with Crippen LogP contribution in [-0.2, 0) is 6.54 Å². The van der Waals surface area contributed by atoms with Gasteiger partial charge in [-0.05, 0) is 37.6 Å². The largest absolute Gasteiger partial charge is 1.00 e. The van der Waals surface area contributed by atoms with Crippen molar-refractivity contribution in [2.24, 2.45) is 0 Å². The van der Waals surface area contributed by atoms with Gasteiger partial charge in [0, 0.05) is 11.1 Å². The lowest BCUT2D eigenvalue weighted by Gasteiger charge is -2.13. The second-order valence-corrected chi connectivity index (χ2v) is 10.5. The molecule has 0 aliphatic heterocycles. The number of halogens is 2. The SMILES string of the molecule is CCCCCCCCCCCCOc1c(F)cccc1NC(=O)c1cccc(C[n+]2csc(C)c2)c1.[Br-]. The first-order valence-corrected chi connectivity index (χ1v) is 14.2. The number of aryl methyl sites for hydroxylation is 1. The van der Waals surface area contributed by atoms with E-state index in [9.17, 15) is 9.18 Å². The average molecular weight is 592 g/mol. The first-order valence-electron chi connectivity index (χ1n) is 13.3. The fraction of sp³-hybridized carbons (Fsp3) is 0.467. The summed E-state index contributed by atoms with van der Waals surface area (Å²) < 4.78 is 22.4. The van der Waals surface area contributed by atoms with E-state index in [4.69, 9.17) is 4.74 Å². The Kier molecular flexibility index (Phi) is 14.5. The minimum atomic E-state index is -0.460. The summed E-state index contributed by atoms with van der Waals surface area (Å²) >= 11 is 1.69. The number of ether oxygens (including phenoxy) is 1. The van der Waals surface area contributed by atoms with E-state index in [0.717, 1.165) is 18.4 Å². The number of amides is 1. The predicted molar refractivity (Wildman–Crippen MR) is 146 cm³/mol. The molecule has 0 bridgehead atoms. The Morgan fingerprint density at radius 3 is 2.32 bits per heavy atom. The van der Waals surface area contributed by atoms with E-state index in [2.05, 4.69) is 35.4 Å². The van der Waals surface area contributed by atoms with Crippen molar-refractivity contribution in [3.8, 4) is 5.75 Å². The van der Waals surface area contributed by atoms with Crippen LogP contribution in [0.3, 0.4) is 0 Å². The number of thiazole rings is 1. The van der Waals surface area contributed by atoms with Gasteiger partial charge in [0.1, 0.15) is 0 Å². The Bertz CT molecular complexity index is 1090. The molecular formula is C30H40BrFN2O2S. The van der Waals surface area contributed by atoms with Crippen molar-refractivity contribution >= 4 is 22.9 Å². The molecule has 2 aromatic carbocycles. The van der Waals surface area contributed by atoms with Gasteiger partial charge in [0.05, 0.1) is 17.2 Å². The van der Waals surface area contributed by atoms with Gasteiger partial charge < -0.3 is 27.0 Å². The van der Waals surface area contributed by atoms with Gasteiger partial charge in [-0.3, -0.25) is 4.79 Å². The fourth-order valence-electron chi connectivity index (χ4n) is 4.26. The fourth-order valence-corrected chi connectivity index (χ4v) is 4.90. The number of para-hydroxylation sites is 1. The van der Waals surface area contributed by atoms with Crippen LogP contribution in [-0.4, -0.2) is 12.5 Å². The Morgan fingerprint density at radius 1 is 0.973 bits per heavy atom. The standard InChI is InChI=1S/C30H39FN2O2S.BrH/c1-3-4-5-6-7-8-9-10-11-12-19-35-29-27(31)17-14-18-28(29)32-30(34)26-16-13-15-25(20-26)22-33-21-24(2)36-23-33;/h13-18,20-21,23H,3-12,19,22H2,1-2H3;1H.